The maximum atomic E-state index is 12.2. The van der Waals surface area contributed by atoms with Crippen molar-refractivity contribution in [3.63, 3.8) is 0 Å². The Morgan fingerprint density at radius 1 is 1.00 bits per heavy atom. The predicted octanol–water partition coefficient (Wildman–Crippen LogP) is 3.61. The van der Waals surface area contributed by atoms with Gasteiger partial charge >= 0.3 is 6.09 Å². The van der Waals surface area contributed by atoms with Gasteiger partial charge in [-0.15, -0.1) is 12.4 Å². The van der Waals surface area contributed by atoms with Gasteiger partial charge in [0.2, 0.25) is 0 Å². The number of hydrogen-bond acceptors (Lipinski definition) is 5. The monoisotopic (exact) mass is 463 g/mol. The molecule has 0 aliphatic carbocycles. The molecule has 2 aromatic rings. The Morgan fingerprint density at radius 2 is 1.69 bits per heavy atom. The number of anilines is 2. The number of para-hydroxylation sites is 3. The van der Waals surface area contributed by atoms with Crippen molar-refractivity contribution in [1.82, 2.24) is 4.90 Å². The molecule has 0 spiro atoms. The molecule has 2 aromatic carbocycles. The lowest BCUT2D eigenvalue weighted by Crippen LogP contribution is -2.46. The van der Waals surface area contributed by atoms with E-state index in [0.717, 1.165) is 57.0 Å². The second-order valence-corrected chi connectivity index (χ2v) is 7.82. The lowest BCUT2D eigenvalue weighted by Gasteiger charge is -2.36. The molecule has 1 atom stereocenters. The Hall–Kier alpha value is -2.48. The Labute approximate surface area is 196 Å². The molecule has 1 unspecified atom stereocenters. The maximum Gasteiger partial charge on any atom is 0.414 e. The van der Waals surface area contributed by atoms with E-state index in [1.807, 2.05) is 49.4 Å². The van der Waals surface area contributed by atoms with Gasteiger partial charge in [-0.25, -0.2) is 4.79 Å². The van der Waals surface area contributed by atoms with Crippen LogP contribution in [0.4, 0.5) is 16.2 Å². The Morgan fingerprint density at radius 3 is 2.41 bits per heavy atom. The van der Waals surface area contributed by atoms with Gasteiger partial charge in [0.05, 0.1) is 18.8 Å². The fraction of sp³-hybridized carbons (Fsp3) is 0.458. The highest BCUT2D eigenvalue weighted by atomic mass is 35.5. The van der Waals surface area contributed by atoms with Crippen LogP contribution in [0, 0.1) is 0 Å². The zero-order valence-corrected chi connectivity index (χ0v) is 19.4. The quantitative estimate of drug-likeness (QED) is 0.597. The van der Waals surface area contributed by atoms with E-state index in [4.69, 9.17) is 9.47 Å². The van der Waals surface area contributed by atoms with E-state index >= 15 is 0 Å². The number of nitrogens with zero attached hydrogens (tertiary/aromatic N) is 3. The van der Waals surface area contributed by atoms with E-state index in [9.17, 15) is 4.79 Å². The number of halogens is 1. The number of rotatable bonds is 8. The van der Waals surface area contributed by atoms with Crippen molar-refractivity contribution in [2.45, 2.75) is 25.9 Å². The van der Waals surface area contributed by atoms with Crippen LogP contribution in [-0.2, 0) is 4.74 Å². The molecule has 0 bridgehead atoms. The summed E-state index contributed by atoms with van der Waals surface area (Å²) in [6.07, 6.45) is 1.70. The summed E-state index contributed by atoms with van der Waals surface area (Å²) in [5.41, 5.74) is 2.10. The van der Waals surface area contributed by atoms with Gasteiger partial charge in [0, 0.05) is 31.9 Å². The van der Waals surface area contributed by atoms with Crippen molar-refractivity contribution < 1.29 is 19.7 Å². The molecule has 4 rings (SSSR count). The van der Waals surface area contributed by atoms with Gasteiger partial charge in [-0.2, -0.15) is 0 Å². The van der Waals surface area contributed by atoms with Crippen LogP contribution in [0.25, 0.3) is 0 Å². The summed E-state index contributed by atoms with van der Waals surface area (Å²) in [7, 11) is 0. The van der Waals surface area contributed by atoms with Crippen LogP contribution in [0.2, 0.25) is 0 Å². The molecular formula is C24H34ClN3O4. The number of benzene rings is 2. The van der Waals surface area contributed by atoms with E-state index in [-0.39, 0.29) is 30.1 Å². The molecule has 2 N–H and O–H groups in total. The highest BCUT2D eigenvalue weighted by molar-refractivity contribution is 5.89. The summed E-state index contributed by atoms with van der Waals surface area (Å²) in [5, 5.41) is 0. The average molecular weight is 464 g/mol. The first-order valence-electron chi connectivity index (χ1n) is 11.0. The van der Waals surface area contributed by atoms with E-state index in [0.29, 0.717) is 13.2 Å². The molecule has 7 nitrogen and oxygen atoms in total. The molecule has 0 saturated carbocycles. The fourth-order valence-electron chi connectivity index (χ4n) is 4.24. The topological polar surface area (TPSA) is 76.8 Å². The summed E-state index contributed by atoms with van der Waals surface area (Å²) in [6.45, 7) is 8.49. The summed E-state index contributed by atoms with van der Waals surface area (Å²) in [5.74, 6) is 0.972. The number of ether oxygens (including phenoxy) is 2. The van der Waals surface area contributed by atoms with Crippen molar-refractivity contribution in [2.24, 2.45) is 0 Å². The third-order valence-electron chi connectivity index (χ3n) is 5.82. The van der Waals surface area contributed by atoms with Gasteiger partial charge in [0.1, 0.15) is 11.9 Å². The number of hydrogen-bond donors (Lipinski definition) is 0. The fourth-order valence-corrected chi connectivity index (χ4v) is 4.24. The highest BCUT2D eigenvalue weighted by Gasteiger charge is 2.32. The van der Waals surface area contributed by atoms with Crippen molar-refractivity contribution in [1.29, 1.82) is 0 Å². The number of carbonyl (C=O) groups is 1. The first-order valence-corrected chi connectivity index (χ1v) is 11.0. The van der Waals surface area contributed by atoms with Gasteiger partial charge in [0.25, 0.3) is 0 Å². The average Bonchev–Trinajstić information content (AvgIpc) is 3.16. The van der Waals surface area contributed by atoms with Crippen molar-refractivity contribution in [3.8, 4) is 5.75 Å². The summed E-state index contributed by atoms with van der Waals surface area (Å²) in [4.78, 5) is 18.8. The largest absolute Gasteiger partial charge is 0.492 e. The Bertz CT molecular complexity index is 831. The molecular weight excluding hydrogens is 430 g/mol. The predicted molar refractivity (Wildman–Crippen MR) is 130 cm³/mol. The summed E-state index contributed by atoms with van der Waals surface area (Å²) < 4.78 is 11.4. The van der Waals surface area contributed by atoms with Crippen molar-refractivity contribution in [2.75, 3.05) is 55.7 Å². The third kappa shape index (κ3) is 6.28. The first-order chi connectivity index (χ1) is 14.7. The minimum atomic E-state index is -0.229. The Kier molecular flexibility index (Phi) is 10.1. The first kappa shape index (κ1) is 25.8. The van der Waals surface area contributed by atoms with E-state index in [2.05, 4.69) is 21.9 Å². The number of piperazine rings is 1. The maximum absolute atomic E-state index is 12.2. The molecule has 0 aromatic heterocycles. The van der Waals surface area contributed by atoms with Crippen LogP contribution in [0.15, 0.2) is 54.6 Å². The van der Waals surface area contributed by atoms with Crippen LogP contribution in [-0.4, -0.2) is 68.4 Å². The van der Waals surface area contributed by atoms with E-state index < -0.39 is 0 Å². The van der Waals surface area contributed by atoms with Crippen molar-refractivity contribution >= 4 is 29.9 Å². The van der Waals surface area contributed by atoms with Gasteiger partial charge in [-0.3, -0.25) is 9.80 Å². The van der Waals surface area contributed by atoms with Gasteiger partial charge < -0.3 is 19.8 Å². The SMILES string of the molecule is CCOc1ccccc1N1CCN(CCCC2CN(c3ccccc3)C(=O)O2)CC1.Cl.O. The van der Waals surface area contributed by atoms with E-state index in [1.165, 1.54) is 5.69 Å². The van der Waals surface area contributed by atoms with Crippen LogP contribution in [0.5, 0.6) is 5.75 Å². The van der Waals surface area contributed by atoms with Crippen LogP contribution in [0.3, 0.4) is 0 Å². The molecule has 8 heteroatoms. The summed E-state index contributed by atoms with van der Waals surface area (Å²) >= 11 is 0. The van der Waals surface area contributed by atoms with Crippen LogP contribution in [0.1, 0.15) is 19.8 Å². The van der Waals surface area contributed by atoms with Gasteiger partial charge in [-0.05, 0) is 50.6 Å². The number of carbonyl (C=O) groups excluding carboxylic acids is 1. The van der Waals surface area contributed by atoms with Gasteiger partial charge in [-0.1, -0.05) is 30.3 Å². The van der Waals surface area contributed by atoms with E-state index in [1.54, 1.807) is 4.90 Å². The Balaban J connectivity index is 0.00000181. The second-order valence-electron chi connectivity index (χ2n) is 7.82. The highest BCUT2D eigenvalue weighted by Crippen LogP contribution is 2.29. The second kappa shape index (κ2) is 12.5. The van der Waals surface area contributed by atoms with Crippen LogP contribution >= 0.6 is 12.4 Å². The minimum Gasteiger partial charge on any atom is -0.492 e. The lowest BCUT2D eigenvalue weighted by atomic mass is 10.1. The molecule has 2 saturated heterocycles. The molecule has 176 valence electrons. The molecule has 2 aliphatic rings. The zero-order chi connectivity index (χ0) is 20.8. The number of cyclic esters (lactones) is 1. The standard InChI is InChI=1S/C24H31N3O3.ClH.H2O/c1-2-29-23-13-7-6-12-22(23)26-17-15-25(16-18-26)14-8-11-21-19-27(24(28)30-21)20-9-4-3-5-10-20;;/h3-7,9-10,12-13,21H,2,8,11,14-19H2,1H3;1H;1H2. The minimum absolute atomic E-state index is 0. The zero-order valence-electron chi connectivity index (χ0n) is 18.6. The number of amides is 1. The third-order valence-corrected chi connectivity index (χ3v) is 5.82. The molecule has 2 aliphatic heterocycles. The van der Waals surface area contributed by atoms with Gasteiger partial charge in [0.15, 0.2) is 0 Å². The molecule has 2 fully saturated rings. The molecule has 2 heterocycles. The lowest BCUT2D eigenvalue weighted by molar-refractivity contribution is 0.131. The molecule has 0 radical (unpaired) electrons. The van der Waals surface area contributed by atoms with Crippen molar-refractivity contribution in [3.05, 3.63) is 54.6 Å². The molecule has 1 amide bonds. The van der Waals surface area contributed by atoms with Crippen LogP contribution < -0.4 is 14.5 Å². The normalized spacial score (nSPS) is 18.5. The smallest absolute Gasteiger partial charge is 0.414 e. The molecule has 32 heavy (non-hydrogen) atoms. The summed E-state index contributed by atoms with van der Waals surface area (Å²) in [6, 6.07) is 18.0.